The number of ether oxygens (including phenoxy) is 3. The van der Waals surface area contributed by atoms with Crippen LogP contribution in [-0.4, -0.2) is 18.5 Å². The van der Waals surface area contributed by atoms with Crippen molar-refractivity contribution in [1.82, 2.24) is 0 Å². The highest BCUT2D eigenvalue weighted by molar-refractivity contribution is 5.60. The van der Waals surface area contributed by atoms with Crippen LogP contribution in [0.1, 0.15) is 46.0 Å². The Morgan fingerprint density at radius 2 is 1.88 bits per heavy atom. The Bertz CT molecular complexity index is 243. The van der Waals surface area contributed by atoms with Crippen LogP contribution in [0.25, 0.3) is 0 Å². The lowest BCUT2D eigenvalue weighted by Gasteiger charge is -2.22. The SMILES string of the molecule is C=C(C)OC(C)OC(=O)OC1CCCCC1. The molecule has 0 bridgehead atoms. The second-order valence-electron chi connectivity index (χ2n) is 4.13. The van der Waals surface area contributed by atoms with Gasteiger partial charge in [-0.3, -0.25) is 0 Å². The van der Waals surface area contributed by atoms with Crippen LogP contribution in [0.5, 0.6) is 0 Å². The third kappa shape index (κ3) is 5.05. The van der Waals surface area contributed by atoms with Crippen molar-refractivity contribution in [2.45, 2.75) is 58.3 Å². The summed E-state index contributed by atoms with van der Waals surface area (Å²) < 4.78 is 15.2. The van der Waals surface area contributed by atoms with Gasteiger partial charge in [-0.25, -0.2) is 4.79 Å². The monoisotopic (exact) mass is 228 g/mol. The van der Waals surface area contributed by atoms with Gasteiger partial charge in [0.2, 0.25) is 6.29 Å². The Morgan fingerprint density at radius 1 is 1.25 bits per heavy atom. The normalized spacial score (nSPS) is 18.6. The molecule has 92 valence electrons. The zero-order chi connectivity index (χ0) is 12.0. The summed E-state index contributed by atoms with van der Waals surface area (Å²) in [6.45, 7) is 6.90. The third-order valence-electron chi connectivity index (χ3n) is 2.44. The summed E-state index contributed by atoms with van der Waals surface area (Å²) in [5, 5.41) is 0. The largest absolute Gasteiger partial charge is 0.511 e. The number of allylic oxidation sites excluding steroid dienone is 1. The maximum atomic E-state index is 11.3. The minimum atomic E-state index is -0.652. The molecule has 0 saturated heterocycles. The van der Waals surface area contributed by atoms with E-state index in [4.69, 9.17) is 14.2 Å². The summed E-state index contributed by atoms with van der Waals surface area (Å²) in [5.41, 5.74) is 0. The molecular formula is C12H20O4. The quantitative estimate of drug-likeness (QED) is 0.420. The van der Waals surface area contributed by atoms with Gasteiger partial charge in [0.15, 0.2) is 0 Å². The van der Waals surface area contributed by atoms with Gasteiger partial charge in [0.1, 0.15) is 6.10 Å². The maximum absolute atomic E-state index is 11.3. The molecule has 1 aliphatic rings. The number of carbonyl (C=O) groups is 1. The average molecular weight is 228 g/mol. The standard InChI is InChI=1S/C12H20O4/c1-9(2)14-10(3)15-12(13)16-11-7-5-4-6-8-11/h10-11H,1,4-8H2,2-3H3. The second kappa shape index (κ2) is 6.40. The van der Waals surface area contributed by atoms with Gasteiger partial charge in [0.25, 0.3) is 0 Å². The van der Waals surface area contributed by atoms with E-state index in [0.29, 0.717) is 5.76 Å². The fourth-order valence-electron chi connectivity index (χ4n) is 1.79. The van der Waals surface area contributed by atoms with Gasteiger partial charge in [-0.15, -0.1) is 0 Å². The zero-order valence-electron chi connectivity index (χ0n) is 10.0. The first-order valence-corrected chi connectivity index (χ1v) is 5.77. The smallest absolute Gasteiger partial charge is 0.460 e. The average Bonchev–Trinajstić information content (AvgIpc) is 2.17. The topological polar surface area (TPSA) is 44.8 Å². The maximum Gasteiger partial charge on any atom is 0.511 e. The van der Waals surface area contributed by atoms with Crippen molar-refractivity contribution in [1.29, 1.82) is 0 Å². The molecule has 1 rings (SSSR count). The molecule has 0 aromatic heterocycles. The van der Waals surface area contributed by atoms with Gasteiger partial charge in [-0.2, -0.15) is 0 Å². The van der Waals surface area contributed by atoms with E-state index >= 15 is 0 Å². The molecule has 4 heteroatoms. The van der Waals surface area contributed by atoms with Crippen molar-refractivity contribution in [3.05, 3.63) is 12.3 Å². The highest BCUT2D eigenvalue weighted by atomic mass is 16.8. The Hall–Kier alpha value is -1.19. The molecule has 1 fully saturated rings. The number of hydrogen-bond donors (Lipinski definition) is 0. The van der Waals surface area contributed by atoms with Gasteiger partial charge in [-0.1, -0.05) is 13.0 Å². The van der Waals surface area contributed by atoms with Crippen LogP contribution in [0.3, 0.4) is 0 Å². The lowest BCUT2D eigenvalue weighted by atomic mass is 9.98. The highest BCUT2D eigenvalue weighted by Crippen LogP contribution is 2.20. The molecule has 16 heavy (non-hydrogen) atoms. The lowest BCUT2D eigenvalue weighted by Crippen LogP contribution is -2.25. The van der Waals surface area contributed by atoms with Crippen molar-refractivity contribution < 1.29 is 19.0 Å². The highest BCUT2D eigenvalue weighted by Gasteiger charge is 2.20. The van der Waals surface area contributed by atoms with Crippen LogP contribution >= 0.6 is 0 Å². The zero-order valence-corrected chi connectivity index (χ0v) is 10.0. The van der Waals surface area contributed by atoms with E-state index in [-0.39, 0.29) is 6.10 Å². The summed E-state index contributed by atoms with van der Waals surface area (Å²) in [6, 6.07) is 0. The van der Waals surface area contributed by atoms with Crippen molar-refractivity contribution >= 4 is 6.16 Å². The summed E-state index contributed by atoms with van der Waals surface area (Å²) in [6.07, 6.45) is 4.05. The first kappa shape index (κ1) is 12.9. The van der Waals surface area contributed by atoms with Crippen LogP contribution in [0.2, 0.25) is 0 Å². The molecule has 0 spiro atoms. The number of hydrogen-bond acceptors (Lipinski definition) is 4. The fourth-order valence-corrected chi connectivity index (χ4v) is 1.79. The van der Waals surface area contributed by atoms with E-state index in [1.165, 1.54) is 6.42 Å². The van der Waals surface area contributed by atoms with E-state index in [9.17, 15) is 4.79 Å². The number of carbonyl (C=O) groups excluding carboxylic acids is 1. The van der Waals surface area contributed by atoms with E-state index < -0.39 is 12.4 Å². The Kier molecular flexibility index (Phi) is 5.15. The van der Waals surface area contributed by atoms with Crippen molar-refractivity contribution in [3.63, 3.8) is 0 Å². The first-order chi connectivity index (χ1) is 7.58. The molecule has 0 aromatic carbocycles. The van der Waals surface area contributed by atoms with E-state index in [0.717, 1.165) is 25.7 Å². The van der Waals surface area contributed by atoms with E-state index in [1.807, 2.05) is 0 Å². The van der Waals surface area contributed by atoms with Crippen LogP contribution in [0.4, 0.5) is 4.79 Å². The summed E-state index contributed by atoms with van der Waals surface area (Å²) in [4.78, 5) is 11.3. The van der Waals surface area contributed by atoms with Gasteiger partial charge in [-0.05, 0) is 32.6 Å². The predicted molar refractivity (Wildman–Crippen MR) is 59.8 cm³/mol. The van der Waals surface area contributed by atoms with Crippen molar-refractivity contribution in [3.8, 4) is 0 Å². The Labute approximate surface area is 96.6 Å². The third-order valence-corrected chi connectivity index (χ3v) is 2.44. The molecule has 1 unspecified atom stereocenters. The van der Waals surface area contributed by atoms with Gasteiger partial charge in [0.05, 0.1) is 5.76 Å². The van der Waals surface area contributed by atoms with Crippen molar-refractivity contribution in [2.75, 3.05) is 0 Å². The van der Waals surface area contributed by atoms with Gasteiger partial charge in [0, 0.05) is 6.92 Å². The van der Waals surface area contributed by atoms with Gasteiger partial charge < -0.3 is 14.2 Å². The lowest BCUT2D eigenvalue weighted by molar-refractivity contribution is -0.0945. The Balaban J connectivity index is 2.21. The number of rotatable bonds is 4. The molecule has 1 saturated carbocycles. The second-order valence-corrected chi connectivity index (χ2v) is 4.13. The van der Waals surface area contributed by atoms with Crippen molar-refractivity contribution in [2.24, 2.45) is 0 Å². The molecule has 0 heterocycles. The molecule has 0 aromatic rings. The van der Waals surface area contributed by atoms with E-state index in [1.54, 1.807) is 13.8 Å². The molecule has 0 amide bonds. The predicted octanol–water partition coefficient (Wildman–Crippen LogP) is 3.37. The summed E-state index contributed by atoms with van der Waals surface area (Å²) in [7, 11) is 0. The molecule has 1 aliphatic carbocycles. The minimum Gasteiger partial charge on any atom is -0.460 e. The minimum absolute atomic E-state index is 0.0123. The molecule has 0 radical (unpaired) electrons. The molecule has 1 atom stereocenters. The molecular weight excluding hydrogens is 208 g/mol. The fraction of sp³-hybridized carbons (Fsp3) is 0.750. The Morgan fingerprint density at radius 3 is 2.44 bits per heavy atom. The molecule has 4 nitrogen and oxygen atoms in total. The molecule has 0 aliphatic heterocycles. The van der Waals surface area contributed by atoms with Crippen LogP contribution in [-0.2, 0) is 14.2 Å². The first-order valence-electron chi connectivity index (χ1n) is 5.77. The van der Waals surface area contributed by atoms with Crippen LogP contribution in [0, 0.1) is 0 Å². The summed E-state index contributed by atoms with van der Waals surface area (Å²) in [5.74, 6) is 0.512. The van der Waals surface area contributed by atoms with Gasteiger partial charge >= 0.3 is 6.16 Å². The van der Waals surface area contributed by atoms with E-state index in [2.05, 4.69) is 6.58 Å². The summed E-state index contributed by atoms with van der Waals surface area (Å²) >= 11 is 0. The van der Waals surface area contributed by atoms with Crippen LogP contribution in [0.15, 0.2) is 12.3 Å². The van der Waals surface area contributed by atoms with Crippen LogP contribution < -0.4 is 0 Å². The molecule has 0 N–H and O–H groups in total.